The summed E-state index contributed by atoms with van der Waals surface area (Å²) < 4.78 is 4.91. The summed E-state index contributed by atoms with van der Waals surface area (Å²) in [5, 5.41) is 0. The molecule has 0 aromatic heterocycles. The zero-order chi connectivity index (χ0) is 10.3. The van der Waals surface area contributed by atoms with E-state index in [1.807, 2.05) is 25.6 Å². The Balaban J connectivity index is 3.49. The Bertz CT molecular complexity index is 146. The maximum absolute atomic E-state index is 11.2. The van der Waals surface area contributed by atoms with Crippen molar-refractivity contribution < 1.29 is 9.53 Å². The Morgan fingerprint density at radius 1 is 1.31 bits per heavy atom. The molecule has 0 heterocycles. The average Bonchev–Trinajstić information content (AvgIpc) is 2.04. The highest BCUT2D eigenvalue weighted by Gasteiger charge is 2.13. The van der Waals surface area contributed by atoms with Gasteiger partial charge in [-0.05, 0) is 18.6 Å². The molecule has 78 valence electrons. The normalized spacial score (nSPS) is 13.0. The van der Waals surface area contributed by atoms with Crippen molar-refractivity contribution in [1.29, 1.82) is 0 Å². The summed E-state index contributed by atoms with van der Waals surface area (Å²) >= 11 is 1.82. The highest BCUT2D eigenvalue weighted by atomic mass is 32.2. The van der Waals surface area contributed by atoms with E-state index in [4.69, 9.17) is 4.74 Å². The number of carbonyl (C=O) groups excluding carboxylic acids is 1. The predicted octanol–water partition coefficient (Wildman–Crippen LogP) is 2.57. The minimum Gasteiger partial charge on any atom is -0.466 e. The number of thioether (sulfide) groups is 1. The van der Waals surface area contributed by atoms with Crippen LogP contribution in [0.3, 0.4) is 0 Å². The molecular formula is C10H20O2S. The lowest BCUT2D eigenvalue weighted by Gasteiger charge is -2.10. The Morgan fingerprint density at radius 2 is 1.92 bits per heavy atom. The maximum Gasteiger partial charge on any atom is 0.309 e. The molecule has 0 bridgehead atoms. The third-order valence-corrected chi connectivity index (χ3v) is 3.15. The number of hydrogen-bond acceptors (Lipinski definition) is 3. The Kier molecular flexibility index (Phi) is 7.14. The molecule has 0 N–H and O–H groups in total. The van der Waals surface area contributed by atoms with Gasteiger partial charge in [-0.1, -0.05) is 20.8 Å². The van der Waals surface area contributed by atoms with E-state index in [1.54, 1.807) is 0 Å². The first-order valence-corrected chi connectivity index (χ1v) is 5.97. The minimum absolute atomic E-state index is 0.0312. The molecule has 2 nitrogen and oxygen atoms in total. The highest BCUT2D eigenvalue weighted by Crippen LogP contribution is 2.13. The first-order chi connectivity index (χ1) is 6.07. The van der Waals surface area contributed by atoms with Crippen LogP contribution in [-0.4, -0.2) is 24.1 Å². The van der Waals surface area contributed by atoms with Gasteiger partial charge in [0.1, 0.15) is 0 Å². The molecule has 0 saturated carbocycles. The fourth-order valence-electron chi connectivity index (χ4n) is 0.833. The molecule has 1 unspecified atom stereocenters. The van der Waals surface area contributed by atoms with Gasteiger partial charge in [-0.3, -0.25) is 4.79 Å². The summed E-state index contributed by atoms with van der Waals surface area (Å²) in [7, 11) is 0. The topological polar surface area (TPSA) is 26.3 Å². The fraction of sp³-hybridized carbons (Fsp3) is 0.900. The predicted molar refractivity (Wildman–Crippen MR) is 58.0 cm³/mol. The van der Waals surface area contributed by atoms with Crippen LogP contribution in [0.5, 0.6) is 0 Å². The summed E-state index contributed by atoms with van der Waals surface area (Å²) in [4.78, 5) is 11.2. The smallest absolute Gasteiger partial charge is 0.309 e. The highest BCUT2D eigenvalue weighted by molar-refractivity contribution is 7.99. The van der Waals surface area contributed by atoms with Crippen LogP contribution >= 0.6 is 11.8 Å². The second-order valence-electron chi connectivity index (χ2n) is 3.58. The lowest BCUT2D eigenvalue weighted by atomic mass is 10.2. The van der Waals surface area contributed by atoms with Crippen molar-refractivity contribution in [2.75, 3.05) is 18.1 Å². The summed E-state index contributed by atoms with van der Waals surface area (Å²) in [6.45, 7) is 8.61. The average molecular weight is 204 g/mol. The first-order valence-electron chi connectivity index (χ1n) is 4.82. The molecule has 0 radical (unpaired) electrons. The Labute approximate surface area is 85.4 Å². The van der Waals surface area contributed by atoms with Crippen LogP contribution in [0.15, 0.2) is 0 Å². The molecule has 1 atom stereocenters. The molecule has 13 heavy (non-hydrogen) atoms. The second kappa shape index (κ2) is 7.25. The monoisotopic (exact) mass is 204 g/mol. The lowest BCUT2D eigenvalue weighted by molar-refractivity contribution is -0.146. The molecule has 0 rings (SSSR count). The molecular weight excluding hydrogens is 184 g/mol. The molecule has 0 fully saturated rings. The molecule has 0 aliphatic rings. The van der Waals surface area contributed by atoms with Crippen LogP contribution in [-0.2, 0) is 9.53 Å². The van der Waals surface area contributed by atoms with Crippen molar-refractivity contribution in [3.63, 3.8) is 0 Å². The number of rotatable bonds is 6. The number of hydrogen-bond donors (Lipinski definition) is 0. The molecule has 0 amide bonds. The van der Waals surface area contributed by atoms with E-state index < -0.39 is 0 Å². The van der Waals surface area contributed by atoms with Gasteiger partial charge in [-0.2, -0.15) is 11.8 Å². The van der Waals surface area contributed by atoms with Gasteiger partial charge in [-0.25, -0.2) is 0 Å². The summed E-state index contributed by atoms with van der Waals surface area (Å²) in [5.74, 6) is 2.64. The Hall–Kier alpha value is -0.180. The maximum atomic E-state index is 11.2. The summed E-state index contributed by atoms with van der Waals surface area (Å²) in [6.07, 6.45) is 0. The van der Waals surface area contributed by atoms with Gasteiger partial charge in [-0.15, -0.1) is 0 Å². The van der Waals surface area contributed by atoms with E-state index in [9.17, 15) is 4.79 Å². The van der Waals surface area contributed by atoms with Gasteiger partial charge >= 0.3 is 5.97 Å². The number of ether oxygens (including phenoxy) is 1. The van der Waals surface area contributed by atoms with E-state index in [-0.39, 0.29) is 11.9 Å². The van der Waals surface area contributed by atoms with Crippen molar-refractivity contribution in [2.24, 2.45) is 11.8 Å². The van der Waals surface area contributed by atoms with Gasteiger partial charge in [0.05, 0.1) is 12.5 Å². The molecule has 0 aromatic carbocycles. The largest absolute Gasteiger partial charge is 0.466 e. The quantitative estimate of drug-likeness (QED) is 0.622. The van der Waals surface area contributed by atoms with Crippen molar-refractivity contribution in [1.82, 2.24) is 0 Å². The van der Waals surface area contributed by atoms with Crippen LogP contribution in [0, 0.1) is 11.8 Å². The zero-order valence-corrected chi connectivity index (χ0v) is 9.82. The van der Waals surface area contributed by atoms with Gasteiger partial charge in [0, 0.05) is 5.75 Å². The van der Waals surface area contributed by atoms with Crippen LogP contribution in [0.25, 0.3) is 0 Å². The minimum atomic E-state index is -0.0706. The van der Waals surface area contributed by atoms with Crippen molar-refractivity contribution >= 4 is 17.7 Å². The molecule has 0 aromatic rings. The SMILES string of the molecule is CCOC(=O)C(C)CSCC(C)C. The molecule has 0 saturated heterocycles. The summed E-state index contributed by atoms with van der Waals surface area (Å²) in [5.41, 5.74) is 0. The Morgan fingerprint density at radius 3 is 2.38 bits per heavy atom. The third-order valence-electron chi connectivity index (χ3n) is 1.51. The van der Waals surface area contributed by atoms with E-state index in [1.165, 1.54) is 0 Å². The summed E-state index contributed by atoms with van der Waals surface area (Å²) in [6, 6.07) is 0. The van der Waals surface area contributed by atoms with Gasteiger partial charge in [0.25, 0.3) is 0 Å². The van der Waals surface area contributed by atoms with Crippen molar-refractivity contribution in [2.45, 2.75) is 27.7 Å². The second-order valence-corrected chi connectivity index (χ2v) is 4.66. The van der Waals surface area contributed by atoms with Crippen LogP contribution < -0.4 is 0 Å². The van der Waals surface area contributed by atoms with Gasteiger partial charge in [0.15, 0.2) is 0 Å². The molecule has 0 spiro atoms. The van der Waals surface area contributed by atoms with Crippen LogP contribution in [0.2, 0.25) is 0 Å². The van der Waals surface area contributed by atoms with Gasteiger partial charge in [0.2, 0.25) is 0 Å². The zero-order valence-electron chi connectivity index (χ0n) is 9.00. The third kappa shape index (κ3) is 6.94. The van der Waals surface area contributed by atoms with E-state index in [0.717, 1.165) is 11.5 Å². The van der Waals surface area contributed by atoms with Crippen LogP contribution in [0.4, 0.5) is 0 Å². The lowest BCUT2D eigenvalue weighted by Crippen LogP contribution is -2.17. The van der Waals surface area contributed by atoms with E-state index >= 15 is 0 Å². The first kappa shape index (κ1) is 12.8. The number of carbonyl (C=O) groups is 1. The van der Waals surface area contributed by atoms with Gasteiger partial charge < -0.3 is 4.74 Å². The van der Waals surface area contributed by atoms with Crippen molar-refractivity contribution in [3.05, 3.63) is 0 Å². The molecule has 0 aliphatic heterocycles. The fourth-order valence-corrected chi connectivity index (χ4v) is 1.93. The van der Waals surface area contributed by atoms with E-state index in [2.05, 4.69) is 13.8 Å². The molecule has 3 heteroatoms. The van der Waals surface area contributed by atoms with Crippen LogP contribution in [0.1, 0.15) is 27.7 Å². The molecule has 0 aliphatic carbocycles. The van der Waals surface area contributed by atoms with E-state index in [0.29, 0.717) is 12.5 Å². The standard InChI is InChI=1S/C10H20O2S/c1-5-12-10(11)9(4)7-13-6-8(2)3/h8-9H,5-7H2,1-4H3. The number of esters is 1. The van der Waals surface area contributed by atoms with Crippen molar-refractivity contribution in [3.8, 4) is 0 Å².